The zero-order valence-corrected chi connectivity index (χ0v) is 6.02. The van der Waals surface area contributed by atoms with E-state index < -0.39 is 0 Å². The van der Waals surface area contributed by atoms with Gasteiger partial charge in [-0.1, -0.05) is 0 Å². The van der Waals surface area contributed by atoms with E-state index in [0.717, 1.165) is 11.5 Å². The van der Waals surface area contributed by atoms with Gasteiger partial charge in [-0.05, 0) is 19.8 Å². The minimum atomic E-state index is 0.697. The van der Waals surface area contributed by atoms with Crippen LogP contribution in [0, 0.1) is 6.92 Å². The SMILES string of the molecule is Cc1cc(NC2CC2)n[nH]1. The molecule has 3 nitrogen and oxygen atoms in total. The molecule has 0 bridgehead atoms. The molecule has 0 amide bonds. The summed E-state index contributed by atoms with van der Waals surface area (Å²) in [6, 6.07) is 2.72. The second kappa shape index (κ2) is 2.01. The summed E-state index contributed by atoms with van der Waals surface area (Å²) < 4.78 is 0. The van der Waals surface area contributed by atoms with Crippen molar-refractivity contribution in [2.45, 2.75) is 25.8 Å². The second-order valence-corrected chi connectivity index (χ2v) is 2.85. The van der Waals surface area contributed by atoms with Crippen molar-refractivity contribution in [3.8, 4) is 0 Å². The number of rotatable bonds is 2. The maximum absolute atomic E-state index is 4.06. The molecule has 1 heterocycles. The van der Waals surface area contributed by atoms with Gasteiger partial charge in [-0.2, -0.15) is 5.10 Å². The molecular formula is C7H11N3. The Kier molecular flexibility index (Phi) is 1.16. The van der Waals surface area contributed by atoms with Crippen LogP contribution in [0.5, 0.6) is 0 Å². The van der Waals surface area contributed by atoms with Gasteiger partial charge < -0.3 is 5.32 Å². The molecule has 2 rings (SSSR count). The highest BCUT2D eigenvalue weighted by atomic mass is 15.2. The van der Waals surface area contributed by atoms with Gasteiger partial charge in [-0.3, -0.25) is 5.10 Å². The van der Waals surface area contributed by atoms with Crippen LogP contribution in [0.1, 0.15) is 18.5 Å². The van der Waals surface area contributed by atoms with Gasteiger partial charge in [0.15, 0.2) is 0 Å². The number of nitrogens with one attached hydrogen (secondary N) is 2. The molecular weight excluding hydrogens is 126 g/mol. The monoisotopic (exact) mass is 137 g/mol. The van der Waals surface area contributed by atoms with Crippen LogP contribution in [-0.2, 0) is 0 Å². The molecule has 0 saturated heterocycles. The molecule has 0 aliphatic heterocycles. The van der Waals surface area contributed by atoms with E-state index in [9.17, 15) is 0 Å². The molecule has 0 spiro atoms. The van der Waals surface area contributed by atoms with Crippen molar-refractivity contribution in [3.05, 3.63) is 11.8 Å². The van der Waals surface area contributed by atoms with Crippen LogP contribution in [-0.4, -0.2) is 16.2 Å². The summed E-state index contributed by atoms with van der Waals surface area (Å²) in [5.74, 6) is 0.986. The molecule has 1 aromatic rings. The van der Waals surface area contributed by atoms with Crippen LogP contribution in [0.3, 0.4) is 0 Å². The van der Waals surface area contributed by atoms with E-state index in [4.69, 9.17) is 0 Å². The molecule has 2 N–H and O–H groups in total. The number of hydrogen-bond acceptors (Lipinski definition) is 2. The molecule has 0 radical (unpaired) electrons. The van der Waals surface area contributed by atoms with E-state index in [1.807, 2.05) is 13.0 Å². The summed E-state index contributed by atoms with van der Waals surface area (Å²) in [4.78, 5) is 0. The average Bonchev–Trinajstić information content (AvgIpc) is 2.59. The Balaban J connectivity index is 2.03. The first kappa shape index (κ1) is 5.77. The maximum Gasteiger partial charge on any atom is 0.148 e. The van der Waals surface area contributed by atoms with Crippen LogP contribution >= 0.6 is 0 Å². The van der Waals surface area contributed by atoms with Crippen molar-refractivity contribution in [3.63, 3.8) is 0 Å². The van der Waals surface area contributed by atoms with Gasteiger partial charge in [0, 0.05) is 17.8 Å². The average molecular weight is 137 g/mol. The lowest BCUT2D eigenvalue weighted by molar-refractivity contribution is 1.02. The highest BCUT2D eigenvalue weighted by Gasteiger charge is 2.21. The fraction of sp³-hybridized carbons (Fsp3) is 0.571. The molecule has 0 atom stereocenters. The first-order valence-corrected chi connectivity index (χ1v) is 3.63. The largest absolute Gasteiger partial charge is 0.366 e. The van der Waals surface area contributed by atoms with Gasteiger partial charge in [0.2, 0.25) is 0 Å². The van der Waals surface area contributed by atoms with E-state index in [2.05, 4.69) is 15.5 Å². The fourth-order valence-corrected chi connectivity index (χ4v) is 0.929. The van der Waals surface area contributed by atoms with Gasteiger partial charge in [0.05, 0.1) is 0 Å². The Bertz CT molecular complexity index is 225. The fourth-order valence-electron chi connectivity index (χ4n) is 0.929. The van der Waals surface area contributed by atoms with Gasteiger partial charge in [0.25, 0.3) is 0 Å². The Morgan fingerprint density at radius 3 is 3.00 bits per heavy atom. The van der Waals surface area contributed by atoms with E-state index in [-0.39, 0.29) is 0 Å². The summed E-state index contributed by atoms with van der Waals surface area (Å²) >= 11 is 0. The zero-order chi connectivity index (χ0) is 6.97. The van der Waals surface area contributed by atoms with Crippen molar-refractivity contribution in [2.24, 2.45) is 0 Å². The summed E-state index contributed by atoms with van der Waals surface area (Å²) in [6.45, 7) is 2.01. The predicted molar refractivity (Wildman–Crippen MR) is 40.0 cm³/mol. The number of H-pyrrole nitrogens is 1. The summed E-state index contributed by atoms with van der Waals surface area (Å²) in [5.41, 5.74) is 1.11. The first-order chi connectivity index (χ1) is 4.84. The van der Waals surface area contributed by atoms with Crippen LogP contribution in [0.4, 0.5) is 5.82 Å². The third kappa shape index (κ3) is 1.12. The highest BCUT2D eigenvalue weighted by Crippen LogP contribution is 2.23. The second-order valence-electron chi connectivity index (χ2n) is 2.85. The number of aromatic nitrogens is 2. The Morgan fingerprint density at radius 2 is 2.50 bits per heavy atom. The van der Waals surface area contributed by atoms with E-state index in [0.29, 0.717) is 6.04 Å². The third-order valence-corrected chi connectivity index (χ3v) is 1.64. The zero-order valence-electron chi connectivity index (χ0n) is 6.02. The Labute approximate surface area is 59.8 Å². The number of aryl methyl sites for hydroxylation is 1. The highest BCUT2D eigenvalue weighted by molar-refractivity contribution is 5.37. The number of aromatic amines is 1. The van der Waals surface area contributed by atoms with Gasteiger partial charge in [-0.25, -0.2) is 0 Å². The van der Waals surface area contributed by atoms with Crippen LogP contribution in [0.15, 0.2) is 6.07 Å². The lowest BCUT2D eigenvalue weighted by atomic mass is 10.5. The normalized spacial score (nSPS) is 17.3. The predicted octanol–water partition coefficient (Wildman–Crippen LogP) is 1.29. The van der Waals surface area contributed by atoms with Crippen LogP contribution < -0.4 is 5.32 Å². The standard InChI is InChI=1S/C7H11N3/c1-5-4-7(10-9-5)8-6-2-3-6/h4,6H,2-3H2,1H3,(H2,8,9,10). The molecule has 0 unspecified atom stereocenters. The quantitative estimate of drug-likeness (QED) is 0.645. The molecule has 3 heteroatoms. The topological polar surface area (TPSA) is 40.7 Å². The molecule has 1 saturated carbocycles. The number of hydrogen-bond donors (Lipinski definition) is 2. The van der Waals surface area contributed by atoms with Crippen molar-refractivity contribution in [1.82, 2.24) is 10.2 Å². The molecule has 1 aliphatic rings. The smallest absolute Gasteiger partial charge is 0.148 e. The molecule has 54 valence electrons. The Morgan fingerprint density at radius 1 is 1.70 bits per heavy atom. The number of nitrogens with zero attached hydrogens (tertiary/aromatic N) is 1. The van der Waals surface area contributed by atoms with Gasteiger partial charge in [-0.15, -0.1) is 0 Å². The minimum absolute atomic E-state index is 0.697. The van der Waals surface area contributed by atoms with Crippen LogP contribution in [0.2, 0.25) is 0 Å². The first-order valence-electron chi connectivity index (χ1n) is 3.63. The lowest BCUT2D eigenvalue weighted by Crippen LogP contribution is -2.00. The number of anilines is 1. The van der Waals surface area contributed by atoms with Crippen molar-refractivity contribution < 1.29 is 0 Å². The summed E-state index contributed by atoms with van der Waals surface area (Å²) in [7, 11) is 0. The van der Waals surface area contributed by atoms with Crippen LogP contribution in [0.25, 0.3) is 0 Å². The summed E-state index contributed by atoms with van der Waals surface area (Å²) in [6.07, 6.45) is 2.60. The molecule has 10 heavy (non-hydrogen) atoms. The van der Waals surface area contributed by atoms with Crippen molar-refractivity contribution in [1.29, 1.82) is 0 Å². The molecule has 1 fully saturated rings. The Hall–Kier alpha value is -0.990. The van der Waals surface area contributed by atoms with E-state index >= 15 is 0 Å². The van der Waals surface area contributed by atoms with E-state index in [1.165, 1.54) is 12.8 Å². The molecule has 1 aromatic heterocycles. The maximum atomic E-state index is 4.06. The minimum Gasteiger partial charge on any atom is -0.366 e. The van der Waals surface area contributed by atoms with Crippen molar-refractivity contribution >= 4 is 5.82 Å². The van der Waals surface area contributed by atoms with Gasteiger partial charge in [0.1, 0.15) is 5.82 Å². The molecule has 0 aromatic carbocycles. The third-order valence-electron chi connectivity index (χ3n) is 1.64. The van der Waals surface area contributed by atoms with Crippen molar-refractivity contribution in [2.75, 3.05) is 5.32 Å². The van der Waals surface area contributed by atoms with Gasteiger partial charge >= 0.3 is 0 Å². The van der Waals surface area contributed by atoms with E-state index in [1.54, 1.807) is 0 Å². The lowest BCUT2D eigenvalue weighted by Gasteiger charge is -1.94. The molecule has 1 aliphatic carbocycles. The summed E-state index contributed by atoms with van der Waals surface area (Å²) in [5, 5.41) is 10.2.